The number of H-pyrrole nitrogens is 1. The van der Waals surface area contributed by atoms with Crippen LogP contribution in [0.4, 0.5) is 4.39 Å². The maximum absolute atomic E-state index is 13.6. The highest BCUT2D eigenvalue weighted by molar-refractivity contribution is 6.05. The van der Waals surface area contributed by atoms with E-state index < -0.39 is 0 Å². The second-order valence-corrected chi connectivity index (χ2v) is 8.22. The third kappa shape index (κ3) is 3.54. The summed E-state index contributed by atoms with van der Waals surface area (Å²) in [6, 6.07) is 4.66. The highest BCUT2D eigenvalue weighted by Crippen LogP contribution is 2.28. The summed E-state index contributed by atoms with van der Waals surface area (Å²) >= 11 is 0. The molecule has 1 amide bonds. The van der Waals surface area contributed by atoms with E-state index in [9.17, 15) is 9.18 Å². The largest absolute Gasteiger partial charge is 0.349 e. The third-order valence-electron chi connectivity index (χ3n) is 6.20. The molecule has 1 fully saturated rings. The number of hydrogen-bond acceptors (Lipinski definition) is 5. The van der Waals surface area contributed by atoms with E-state index in [-0.39, 0.29) is 17.8 Å². The average molecular weight is 421 g/mol. The van der Waals surface area contributed by atoms with E-state index in [0.29, 0.717) is 46.1 Å². The van der Waals surface area contributed by atoms with Gasteiger partial charge in [-0.15, -0.1) is 0 Å². The van der Waals surface area contributed by atoms with Gasteiger partial charge < -0.3 is 16.0 Å². The fourth-order valence-corrected chi connectivity index (χ4v) is 4.40. The van der Waals surface area contributed by atoms with Gasteiger partial charge >= 0.3 is 0 Å². The number of nitrogens with one attached hydrogen (secondary N) is 2. The minimum atomic E-state index is -0.325. The van der Waals surface area contributed by atoms with Crippen molar-refractivity contribution in [2.75, 3.05) is 6.54 Å². The molecule has 4 N–H and O–H groups in total. The summed E-state index contributed by atoms with van der Waals surface area (Å²) in [6.07, 6.45) is 7.19. The molecule has 0 saturated heterocycles. The number of carbonyl (C=O) groups excluding carboxylic acids is 1. The molecule has 0 radical (unpaired) electrons. The Morgan fingerprint density at radius 1 is 1.32 bits per heavy atom. The molecule has 9 heteroatoms. The van der Waals surface area contributed by atoms with Gasteiger partial charge in [0.2, 0.25) is 0 Å². The van der Waals surface area contributed by atoms with Crippen molar-refractivity contribution in [3.63, 3.8) is 0 Å². The fourth-order valence-electron chi connectivity index (χ4n) is 4.40. The number of nitrogens with zero attached hydrogens (tertiary/aromatic N) is 4. The number of amides is 1. The summed E-state index contributed by atoms with van der Waals surface area (Å²) in [6.45, 7) is 0.705. The minimum Gasteiger partial charge on any atom is -0.349 e. The molecule has 31 heavy (non-hydrogen) atoms. The van der Waals surface area contributed by atoms with Gasteiger partial charge in [-0.05, 0) is 56.3 Å². The molecule has 3 heterocycles. The van der Waals surface area contributed by atoms with Gasteiger partial charge in [-0.1, -0.05) is 0 Å². The van der Waals surface area contributed by atoms with E-state index in [0.717, 1.165) is 31.1 Å². The second kappa shape index (κ2) is 7.73. The lowest BCUT2D eigenvalue weighted by atomic mass is 9.86. The highest BCUT2D eigenvalue weighted by atomic mass is 19.1. The van der Waals surface area contributed by atoms with E-state index in [4.69, 9.17) is 10.7 Å². The van der Waals surface area contributed by atoms with Gasteiger partial charge in [-0.25, -0.2) is 14.4 Å². The van der Waals surface area contributed by atoms with Crippen molar-refractivity contribution in [2.24, 2.45) is 18.7 Å². The zero-order valence-corrected chi connectivity index (χ0v) is 17.2. The first-order chi connectivity index (χ1) is 15.0. The number of aryl methyl sites for hydroxylation is 1. The Morgan fingerprint density at radius 2 is 2.13 bits per heavy atom. The van der Waals surface area contributed by atoms with E-state index in [2.05, 4.69) is 20.4 Å². The van der Waals surface area contributed by atoms with Gasteiger partial charge in [0.1, 0.15) is 22.7 Å². The Morgan fingerprint density at radius 3 is 2.90 bits per heavy atom. The van der Waals surface area contributed by atoms with Crippen molar-refractivity contribution in [3.8, 4) is 11.4 Å². The van der Waals surface area contributed by atoms with Crippen molar-refractivity contribution in [1.29, 1.82) is 0 Å². The van der Waals surface area contributed by atoms with Gasteiger partial charge in [0.25, 0.3) is 5.91 Å². The molecule has 5 rings (SSSR count). The number of hydrogen-bond donors (Lipinski definition) is 3. The highest BCUT2D eigenvalue weighted by Gasteiger charge is 2.24. The van der Waals surface area contributed by atoms with Crippen LogP contribution in [0.25, 0.3) is 33.5 Å². The van der Waals surface area contributed by atoms with Crippen LogP contribution in [0.15, 0.2) is 30.6 Å². The predicted molar refractivity (Wildman–Crippen MR) is 116 cm³/mol. The lowest BCUT2D eigenvalue weighted by molar-refractivity contribution is 0.0924. The molecule has 0 spiro atoms. The van der Waals surface area contributed by atoms with Crippen LogP contribution in [-0.4, -0.2) is 43.2 Å². The van der Waals surface area contributed by atoms with Gasteiger partial charge in [0, 0.05) is 24.7 Å². The van der Waals surface area contributed by atoms with Crippen molar-refractivity contribution in [2.45, 2.75) is 31.7 Å². The summed E-state index contributed by atoms with van der Waals surface area (Å²) in [5.41, 5.74) is 9.03. The number of rotatable bonds is 4. The van der Waals surface area contributed by atoms with Crippen LogP contribution >= 0.6 is 0 Å². The molecule has 4 aromatic rings. The van der Waals surface area contributed by atoms with E-state index in [1.165, 1.54) is 12.1 Å². The van der Waals surface area contributed by atoms with Crippen LogP contribution in [0.3, 0.4) is 0 Å². The first-order valence-electron chi connectivity index (χ1n) is 10.5. The Hall–Kier alpha value is -3.33. The van der Waals surface area contributed by atoms with Crippen molar-refractivity contribution in [3.05, 3.63) is 42.0 Å². The van der Waals surface area contributed by atoms with Crippen LogP contribution in [0.5, 0.6) is 0 Å². The molecule has 0 bridgehead atoms. The Balaban J connectivity index is 1.46. The summed E-state index contributed by atoms with van der Waals surface area (Å²) in [5.74, 6) is 0.0619. The molecule has 0 aliphatic heterocycles. The molecule has 0 atom stereocenters. The first-order valence-corrected chi connectivity index (χ1v) is 10.5. The van der Waals surface area contributed by atoms with E-state index in [1.807, 2.05) is 0 Å². The Kier molecular flexibility index (Phi) is 4.90. The number of aromatic amines is 1. The number of aromatic nitrogens is 5. The van der Waals surface area contributed by atoms with Crippen LogP contribution in [0.1, 0.15) is 36.0 Å². The lowest BCUT2D eigenvalue weighted by Crippen LogP contribution is -2.38. The second-order valence-electron chi connectivity index (χ2n) is 8.22. The number of carbonyl (C=O) groups is 1. The van der Waals surface area contributed by atoms with Crippen LogP contribution < -0.4 is 11.1 Å². The Bertz CT molecular complexity index is 1270. The number of halogens is 1. The summed E-state index contributed by atoms with van der Waals surface area (Å²) in [7, 11) is 1.76. The number of nitrogens with two attached hydrogens (primary N) is 1. The summed E-state index contributed by atoms with van der Waals surface area (Å²) in [4.78, 5) is 25.1. The molecule has 1 aliphatic carbocycles. The van der Waals surface area contributed by atoms with Gasteiger partial charge in [0.15, 0.2) is 5.65 Å². The zero-order chi connectivity index (χ0) is 21.5. The number of fused-ring (bicyclic) bond motifs is 2. The van der Waals surface area contributed by atoms with Crippen molar-refractivity contribution in [1.82, 2.24) is 30.0 Å². The molecule has 1 aliphatic rings. The molecule has 0 unspecified atom stereocenters. The lowest BCUT2D eigenvalue weighted by Gasteiger charge is -2.28. The van der Waals surface area contributed by atoms with Crippen molar-refractivity contribution < 1.29 is 9.18 Å². The molecular formula is C22H24FN7O. The molecule has 1 aromatic carbocycles. The van der Waals surface area contributed by atoms with Crippen LogP contribution in [0, 0.1) is 11.7 Å². The van der Waals surface area contributed by atoms with Crippen molar-refractivity contribution >= 4 is 28.0 Å². The van der Waals surface area contributed by atoms with Crippen LogP contribution in [0.2, 0.25) is 0 Å². The molecular weight excluding hydrogens is 397 g/mol. The fraction of sp³-hybridized carbons (Fsp3) is 0.364. The van der Waals surface area contributed by atoms with Gasteiger partial charge in [-0.2, -0.15) is 5.10 Å². The van der Waals surface area contributed by atoms with E-state index in [1.54, 1.807) is 30.2 Å². The average Bonchev–Trinajstić information content (AvgIpc) is 3.35. The van der Waals surface area contributed by atoms with Crippen LogP contribution in [-0.2, 0) is 7.05 Å². The summed E-state index contributed by atoms with van der Waals surface area (Å²) in [5, 5.41) is 8.40. The van der Waals surface area contributed by atoms with Gasteiger partial charge in [-0.3, -0.25) is 9.48 Å². The standard InChI is InChI=1S/C22H24FN7O/c1-30-18-8-13(23)4-7-15(18)19(29-30)17-11-26-21-20(28-17)16(10-25-21)22(31)27-14-5-2-12(9-24)3-6-14/h4,7-8,10-12,14H,2-3,5-6,9,24H2,1H3,(H,25,26)(H,27,31). The SMILES string of the molecule is Cn1nc(-c2cnc3[nH]cc(C(=O)NC4CCC(CN)CC4)c3n2)c2ccc(F)cc21. The minimum absolute atomic E-state index is 0.144. The molecule has 8 nitrogen and oxygen atoms in total. The van der Waals surface area contributed by atoms with Gasteiger partial charge in [0.05, 0.1) is 17.3 Å². The molecule has 1 saturated carbocycles. The smallest absolute Gasteiger partial charge is 0.255 e. The third-order valence-corrected chi connectivity index (χ3v) is 6.20. The first kappa shape index (κ1) is 19.6. The predicted octanol–water partition coefficient (Wildman–Crippen LogP) is 2.90. The molecule has 3 aromatic heterocycles. The zero-order valence-electron chi connectivity index (χ0n) is 17.2. The monoisotopic (exact) mass is 421 g/mol. The quantitative estimate of drug-likeness (QED) is 0.469. The maximum atomic E-state index is 13.6. The normalized spacial score (nSPS) is 19.2. The maximum Gasteiger partial charge on any atom is 0.255 e. The topological polar surface area (TPSA) is 115 Å². The summed E-state index contributed by atoms with van der Waals surface area (Å²) < 4.78 is 15.3. The Labute approximate surface area is 178 Å². The molecule has 160 valence electrons. The van der Waals surface area contributed by atoms with E-state index >= 15 is 0 Å². The number of benzene rings is 1.